The molecule has 1 aromatic rings. The van der Waals surface area contributed by atoms with E-state index in [-0.39, 0.29) is 0 Å². The van der Waals surface area contributed by atoms with E-state index in [4.69, 9.17) is 4.74 Å². The number of ether oxygens (including phenoxy) is 1. The summed E-state index contributed by atoms with van der Waals surface area (Å²) in [4.78, 5) is 2.66. The van der Waals surface area contributed by atoms with Crippen LogP contribution in [0.25, 0.3) is 0 Å². The second kappa shape index (κ2) is 6.80. The molecule has 1 aromatic carbocycles. The van der Waals surface area contributed by atoms with Gasteiger partial charge in [-0.3, -0.25) is 0 Å². The van der Waals surface area contributed by atoms with Gasteiger partial charge in [-0.1, -0.05) is 32.0 Å². The highest BCUT2D eigenvalue weighted by molar-refractivity contribution is 5.37. The molecule has 0 radical (unpaired) electrons. The van der Waals surface area contributed by atoms with Crippen LogP contribution in [0.4, 0.5) is 0 Å². The molecule has 116 valence electrons. The van der Waals surface area contributed by atoms with Crippen molar-refractivity contribution in [1.29, 1.82) is 0 Å². The van der Waals surface area contributed by atoms with Gasteiger partial charge in [0.1, 0.15) is 5.75 Å². The molecule has 1 fully saturated rings. The molecule has 21 heavy (non-hydrogen) atoms. The summed E-state index contributed by atoms with van der Waals surface area (Å²) in [5.74, 6) is 2.43. The summed E-state index contributed by atoms with van der Waals surface area (Å²) in [6.07, 6.45) is 2.40. The van der Waals surface area contributed by atoms with Crippen LogP contribution in [-0.2, 0) is 0 Å². The number of rotatable bonds is 3. The first-order chi connectivity index (χ1) is 10.2. The van der Waals surface area contributed by atoms with Crippen LogP contribution in [0.3, 0.4) is 0 Å². The number of hydrogen-bond donors (Lipinski definition) is 1. The van der Waals surface area contributed by atoms with Crippen LogP contribution >= 0.6 is 0 Å². The zero-order valence-electron chi connectivity index (χ0n) is 13.3. The maximum absolute atomic E-state index is 5.80. The topological polar surface area (TPSA) is 24.5 Å². The van der Waals surface area contributed by atoms with Crippen molar-refractivity contribution < 1.29 is 4.74 Å². The van der Waals surface area contributed by atoms with E-state index in [2.05, 4.69) is 48.3 Å². The average molecular weight is 288 g/mol. The molecular weight excluding hydrogens is 260 g/mol. The van der Waals surface area contributed by atoms with Gasteiger partial charge in [-0.05, 0) is 43.5 Å². The minimum absolute atomic E-state index is 0.626. The highest BCUT2D eigenvalue weighted by Gasteiger charge is 2.26. The molecule has 3 rings (SSSR count). The maximum atomic E-state index is 5.80. The average Bonchev–Trinajstić information content (AvgIpc) is 2.73. The third-order valence-electron chi connectivity index (χ3n) is 4.88. The summed E-state index contributed by atoms with van der Waals surface area (Å²) in [5.41, 5.74) is 1.40. The van der Waals surface area contributed by atoms with E-state index in [1.165, 1.54) is 31.6 Å². The summed E-state index contributed by atoms with van der Waals surface area (Å²) in [6, 6.07) is 9.20. The van der Waals surface area contributed by atoms with Crippen LogP contribution in [0, 0.1) is 5.92 Å². The second-order valence-corrected chi connectivity index (χ2v) is 6.79. The van der Waals surface area contributed by atoms with Crippen molar-refractivity contribution in [3.63, 3.8) is 0 Å². The second-order valence-electron chi connectivity index (χ2n) is 6.79. The first-order valence-corrected chi connectivity index (χ1v) is 8.41. The van der Waals surface area contributed by atoms with Crippen molar-refractivity contribution in [1.82, 2.24) is 10.2 Å². The number of fused-ring (bicyclic) bond motifs is 1. The van der Waals surface area contributed by atoms with Crippen LogP contribution in [0.5, 0.6) is 5.75 Å². The van der Waals surface area contributed by atoms with E-state index < -0.39 is 0 Å². The predicted molar refractivity (Wildman–Crippen MR) is 87.0 cm³/mol. The summed E-state index contributed by atoms with van der Waals surface area (Å²) in [7, 11) is 0. The summed E-state index contributed by atoms with van der Waals surface area (Å²) in [5, 5.41) is 3.70. The van der Waals surface area contributed by atoms with E-state index in [0.717, 1.165) is 25.3 Å². The molecule has 2 aliphatic rings. The number of para-hydroxylation sites is 1. The lowest BCUT2D eigenvalue weighted by molar-refractivity contribution is 0.200. The molecule has 0 spiro atoms. The molecule has 3 nitrogen and oxygen atoms in total. The Morgan fingerprint density at radius 2 is 2.19 bits per heavy atom. The van der Waals surface area contributed by atoms with Crippen molar-refractivity contribution >= 4 is 0 Å². The number of nitrogens with zero attached hydrogens (tertiary/aromatic N) is 1. The molecule has 1 N–H and O–H groups in total. The van der Waals surface area contributed by atoms with Gasteiger partial charge in [0.15, 0.2) is 0 Å². The molecule has 0 bridgehead atoms. The Hall–Kier alpha value is -1.06. The van der Waals surface area contributed by atoms with E-state index in [9.17, 15) is 0 Å². The van der Waals surface area contributed by atoms with Crippen molar-refractivity contribution in [2.24, 2.45) is 5.92 Å². The molecule has 0 amide bonds. The SMILES string of the molecule is CC(C)C1CN(CC2CCOc3ccccc32)CCCN1. The maximum Gasteiger partial charge on any atom is 0.122 e. The van der Waals surface area contributed by atoms with Gasteiger partial charge in [-0.15, -0.1) is 0 Å². The molecular formula is C18H28N2O. The third kappa shape index (κ3) is 3.58. The molecule has 2 aliphatic heterocycles. The van der Waals surface area contributed by atoms with Crippen molar-refractivity contribution in [3.8, 4) is 5.75 Å². The number of benzene rings is 1. The van der Waals surface area contributed by atoms with Crippen LogP contribution in [0.15, 0.2) is 24.3 Å². The molecule has 0 aliphatic carbocycles. The molecule has 2 unspecified atom stereocenters. The zero-order chi connectivity index (χ0) is 14.7. The summed E-state index contributed by atoms with van der Waals surface area (Å²) in [6.45, 7) is 10.2. The van der Waals surface area contributed by atoms with Crippen LogP contribution in [-0.4, -0.2) is 43.7 Å². The van der Waals surface area contributed by atoms with Gasteiger partial charge < -0.3 is 15.0 Å². The minimum Gasteiger partial charge on any atom is -0.493 e. The molecule has 1 saturated heterocycles. The Morgan fingerprint density at radius 1 is 1.33 bits per heavy atom. The highest BCUT2D eigenvalue weighted by Crippen LogP contribution is 2.34. The van der Waals surface area contributed by atoms with E-state index in [1.54, 1.807) is 0 Å². The minimum atomic E-state index is 0.626. The van der Waals surface area contributed by atoms with Crippen molar-refractivity contribution in [2.75, 3.05) is 32.8 Å². The first-order valence-electron chi connectivity index (χ1n) is 8.41. The Balaban J connectivity index is 1.68. The highest BCUT2D eigenvalue weighted by atomic mass is 16.5. The van der Waals surface area contributed by atoms with E-state index in [1.807, 2.05) is 0 Å². The Kier molecular flexibility index (Phi) is 4.81. The largest absolute Gasteiger partial charge is 0.493 e. The molecule has 0 saturated carbocycles. The summed E-state index contributed by atoms with van der Waals surface area (Å²) >= 11 is 0. The lowest BCUT2D eigenvalue weighted by Gasteiger charge is -2.32. The standard InChI is InChI=1S/C18H28N2O/c1-14(2)17-13-20(10-5-9-19-17)12-15-8-11-21-18-7-4-3-6-16(15)18/h3-4,6-7,14-15,17,19H,5,8-13H2,1-2H3. The van der Waals surface area contributed by atoms with Crippen molar-refractivity contribution in [2.45, 2.75) is 38.6 Å². The van der Waals surface area contributed by atoms with Gasteiger partial charge in [0.05, 0.1) is 6.61 Å². The molecule has 2 heterocycles. The lowest BCUT2D eigenvalue weighted by Crippen LogP contribution is -2.42. The third-order valence-corrected chi connectivity index (χ3v) is 4.88. The van der Waals surface area contributed by atoms with Gasteiger partial charge >= 0.3 is 0 Å². The van der Waals surface area contributed by atoms with Crippen molar-refractivity contribution in [3.05, 3.63) is 29.8 Å². The fourth-order valence-corrected chi connectivity index (χ4v) is 3.55. The normalized spacial score (nSPS) is 27.0. The van der Waals surface area contributed by atoms with Gasteiger partial charge in [0.2, 0.25) is 0 Å². The van der Waals surface area contributed by atoms with Gasteiger partial charge in [0.25, 0.3) is 0 Å². The molecule has 3 heteroatoms. The quantitative estimate of drug-likeness (QED) is 0.925. The Labute approximate surface area is 128 Å². The van der Waals surface area contributed by atoms with Gasteiger partial charge in [-0.25, -0.2) is 0 Å². The Bertz CT molecular complexity index is 460. The van der Waals surface area contributed by atoms with Crippen LogP contribution < -0.4 is 10.1 Å². The first kappa shape index (κ1) is 14.9. The van der Waals surface area contributed by atoms with Crippen LogP contribution in [0.2, 0.25) is 0 Å². The fourth-order valence-electron chi connectivity index (χ4n) is 3.55. The monoisotopic (exact) mass is 288 g/mol. The Morgan fingerprint density at radius 3 is 3.05 bits per heavy atom. The van der Waals surface area contributed by atoms with Gasteiger partial charge in [-0.2, -0.15) is 0 Å². The van der Waals surface area contributed by atoms with Crippen LogP contribution in [0.1, 0.15) is 38.2 Å². The fraction of sp³-hybridized carbons (Fsp3) is 0.667. The number of hydrogen-bond acceptors (Lipinski definition) is 3. The van der Waals surface area contributed by atoms with E-state index in [0.29, 0.717) is 17.9 Å². The number of nitrogens with one attached hydrogen (secondary N) is 1. The molecule has 0 aromatic heterocycles. The molecule has 2 atom stereocenters. The summed E-state index contributed by atoms with van der Waals surface area (Å²) < 4.78 is 5.80. The smallest absolute Gasteiger partial charge is 0.122 e. The predicted octanol–water partition coefficient (Wildman–Crippen LogP) is 2.87. The lowest BCUT2D eigenvalue weighted by atomic mass is 9.92. The zero-order valence-corrected chi connectivity index (χ0v) is 13.3. The van der Waals surface area contributed by atoms with E-state index >= 15 is 0 Å². The van der Waals surface area contributed by atoms with Gasteiger partial charge in [0, 0.05) is 25.0 Å².